The molecule has 0 aliphatic carbocycles. The van der Waals surface area contributed by atoms with Crippen molar-refractivity contribution < 1.29 is 4.79 Å². The largest absolute Gasteiger partial charge is 0.353 e. The third kappa shape index (κ3) is 4.16. The first kappa shape index (κ1) is 15.3. The highest BCUT2D eigenvalue weighted by molar-refractivity contribution is 5.78. The van der Waals surface area contributed by atoms with Gasteiger partial charge in [-0.3, -0.25) is 4.79 Å². The standard InChI is InChI=1S/C16H22N4O/c1-12(2)19-16(21)11-17-13(3)14-7-4-5-8-15(14)20-10-6-9-18-20/h4-10,12-13,17H,11H2,1-3H3,(H,19,21)/t13-/m0/s1. The molecule has 1 amide bonds. The van der Waals surface area contributed by atoms with Gasteiger partial charge < -0.3 is 10.6 Å². The van der Waals surface area contributed by atoms with E-state index in [1.807, 2.05) is 55.9 Å². The van der Waals surface area contributed by atoms with Crippen molar-refractivity contribution in [2.24, 2.45) is 0 Å². The Morgan fingerprint density at radius 3 is 2.67 bits per heavy atom. The predicted octanol–water partition coefficient (Wildman–Crippen LogP) is 2.05. The smallest absolute Gasteiger partial charge is 0.234 e. The minimum absolute atomic E-state index is 0.00780. The van der Waals surface area contributed by atoms with Gasteiger partial charge in [0.25, 0.3) is 0 Å². The molecule has 2 rings (SSSR count). The summed E-state index contributed by atoms with van der Waals surface area (Å²) in [5.74, 6) is 0.00780. The summed E-state index contributed by atoms with van der Waals surface area (Å²) in [5.41, 5.74) is 2.13. The molecule has 5 heteroatoms. The number of rotatable bonds is 6. The molecule has 0 aliphatic heterocycles. The number of carbonyl (C=O) groups is 1. The van der Waals surface area contributed by atoms with Crippen LogP contribution in [0.2, 0.25) is 0 Å². The van der Waals surface area contributed by atoms with Gasteiger partial charge in [0.2, 0.25) is 5.91 Å². The highest BCUT2D eigenvalue weighted by Crippen LogP contribution is 2.20. The Morgan fingerprint density at radius 2 is 2.00 bits per heavy atom. The van der Waals surface area contributed by atoms with Gasteiger partial charge >= 0.3 is 0 Å². The van der Waals surface area contributed by atoms with Crippen LogP contribution in [0.1, 0.15) is 32.4 Å². The number of hydrogen-bond donors (Lipinski definition) is 2. The van der Waals surface area contributed by atoms with E-state index in [1.54, 1.807) is 6.20 Å². The lowest BCUT2D eigenvalue weighted by Gasteiger charge is -2.18. The van der Waals surface area contributed by atoms with Gasteiger partial charge in [-0.1, -0.05) is 18.2 Å². The number of nitrogens with one attached hydrogen (secondary N) is 2. The van der Waals surface area contributed by atoms with Crippen LogP contribution < -0.4 is 10.6 Å². The Hall–Kier alpha value is -2.14. The fraction of sp³-hybridized carbons (Fsp3) is 0.375. The van der Waals surface area contributed by atoms with Crippen LogP contribution in [-0.4, -0.2) is 28.3 Å². The normalized spacial score (nSPS) is 12.4. The van der Waals surface area contributed by atoms with Crippen LogP contribution in [0.25, 0.3) is 5.69 Å². The van der Waals surface area contributed by atoms with Crippen LogP contribution in [0.5, 0.6) is 0 Å². The average Bonchev–Trinajstić information content (AvgIpc) is 2.98. The molecule has 112 valence electrons. The molecule has 0 fully saturated rings. The van der Waals surface area contributed by atoms with Crippen molar-refractivity contribution in [1.82, 2.24) is 20.4 Å². The second-order valence-electron chi connectivity index (χ2n) is 5.33. The van der Waals surface area contributed by atoms with E-state index in [-0.39, 0.29) is 18.0 Å². The summed E-state index contributed by atoms with van der Waals surface area (Å²) in [7, 11) is 0. The van der Waals surface area contributed by atoms with E-state index in [9.17, 15) is 4.79 Å². The second kappa shape index (κ2) is 7.04. The number of nitrogens with zero attached hydrogens (tertiary/aromatic N) is 2. The molecule has 1 heterocycles. The van der Waals surface area contributed by atoms with Crippen LogP contribution in [0.15, 0.2) is 42.7 Å². The van der Waals surface area contributed by atoms with Gasteiger partial charge in [-0.15, -0.1) is 0 Å². The molecule has 1 aromatic carbocycles. The molecule has 1 aromatic heterocycles. The average molecular weight is 286 g/mol. The third-order valence-corrected chi connectivity index (χ3v) is 3.17. The molecule has 2 aromatic rings. The van der Waals surface area contributed by atoms with E-state index in [4.69, 9.17) is 0 Å². The number of benzene rings is 1. The van der Waals surface area contributed by atoms with E-state index in [2.05, 4.69) is 21.8 Å². The van der Waals surface area contributed by atoms with Gasteiger partial charge in [-0.2, -0.15) is 5.10 Å². The fourth-order valence-electron chi connectivity index (χ4n) is 2.20. The van der Waals surface area contributed by atoms with Gasteiger partial charge in [-0.05, 0) is 38.5 Å². The van der Waals surface area contributed by atoms with Gasteiger partial charge in [0, 0.05) is 24.5 Å². The molecule has 5 nitrogen and oxygen atoms in total. The topological polar surface area (TPSA) is 59.0 Å². The first-order chi connectivity index (χ1) is 10.1. The maximum atomic E-state index is 11.7. The van der Waals surface area contributed by atoms with Crippen LogP contribution in [0.4, 0.5) is 0 Å². The summed E-state index contributed by atoms with van der Waals surface area (Å²) in [6, 6.07) is 10.2. The summed E-state index contributed by atoms with van der Waals surface area (Å²) in [6.45, 7) is 6.25. The lowest BCUT2D eigenvalue weighted by atomic mass is 10.1. The number of carbonyl (C=O) groups excluding carboxylic acids is 1. The molecule has 1 atom stereocenters. The Balaban J connectivity index is 2.06. The lowest BCUT2D eigenvalue weighted by molar-refractivity contribution is -0.120. The molecule has 0 bridgehead atoms. The monoisotopic (exact) mass is 286 g/mol. The van der Waals surface area contributed by atoms with Gasteiger partial charge in [0.05, 0.1) is 12.2 Å². The minimum atomic E-state index is 0.00780. The number of hydrogen-bond acceptors (Lipinski definition) is 3. The second-order valence-corrected chi connectivity index (χ2v) is 5.33. The van der Waals surface area contributed by atoms with Crippen molar-refractivity contribution in [3.8, 4) is 5.69 Å². The zero-order chi connectivity index (χ0) is 15.2. The molecule has 0 aliphatic rings. The van der Waals surface area contributed by atoms with Crippen LogP contribution in [0, 0.1) is 0 Å². The first-order valence-electron chi connectivity index (χ1n) is 7.19. The van der Waals surface area contributed by atoms with Gasteiger partial charge in [0.1, 0.15) is 0 Å². The first-order valence-corrected chi connectivity index (χ1v) is 7.19. The summed E-state index contributed by atoms with van der Waals surface area (Å²) in [4.78, 5) is 11.7. The van der Waals surface area contributed by atoms with E-state index < -0.39 is 0 Å². The highest BCUT2D eigenvalue weighted by atomic mass is 16.1. The number of para-hydroxylation sites is 1. The Bertz CT molecular complexity index is 578. The molecular formula is C16H22N4O. The SMILES string of the molecule is CC(C)NC(=O)CN[C@@H](C)c1ccccc1-n1cccn1. The molecule has 0 saturated heterocycles. The maximum Gasteiger partial charge on any atom is 0.234 e. The van der Waals surface area contributed by atoms with E-state index in [1.165, 1.54) is 0 Å². The van der Waals surface area contributed by atoms with E-state index in [0.717, 1.165) is 11.3 Å². The third-order valence-electron chi connectivity index (χ3n) is 3.17. The molecule has 21 heavy (non-hydrogen) atoms. The lowest BCUT2D eigenvalue weighted by Crippen LogP contribution is -2.38. The molecular weight excluding hydrogens is 264 g/mol. The zero-order valence-electron chi connectivity index (χ0n) is 12.7. The fourth-order valence-corrected chi connectivity index (χ4v) is 2.20. The summed E-state index contributed by atoms with van der Waals surface area (Å²) in [5, 5.41) is 10.4. The van der Waals surface area contributed by atoms with Crippen molar-refractivity contribution in [1.29, 1.82) is 0 Å². The van der Waals surface area contributed by atoms with Crippen LogP contribution in [-0.2, 0) is 4.79 Å². The Kier molecular flexibility index (Phi) is 5.11. The van der Waals surface area contributed by atoms with Crippen molar-refractivity contribution >= 4 is 5.91 Å². The minimum Gasteiger partial charge on any atom is -0.353 e. The predicted molar refractivity (Wildman–Crippen MR) is 83.3 cm³/mol. The van der Waals surface area contributed by atoms with Crippen molar-refractivity contribution in [2.75, 3.05) is 6.54 Å². The zero-order valence-corrected chi connectivity index (χ0v) is 12.7. The summed E-state index contributed by atoms with van der Waals surface area (Å²) >= 11 is 0. The molecule has 2 N–H and O–H groups in total. The van der Waals surface area contributed by atoms with Gasteiger partial charge in [0.15, 0.2) is 0 Å². The summed E-state index contributed by atoms with van der Waals surface area (Å²) < 4.78 is 1.84. The van der Waals surface area contributed by atoms with E-state index in [0.29, 0.717) is 6.54 Å². The summed E-state index contributed by atoms with van der Waals surface area (Å²) in [6.07, 6.45) is 3.67. The van der Waals surface area contributed by atoms with Crippen molar-refractivity contribution in [2.45, 2.75) is 32.9 Å². The number of aromatic nitrogens is 2. The Labute approximate surface area is 125 Å². The molecule has 0 saturated carbocycles. The molecule has 0 spiro atoms. The number of amides is 1. The van der Waals surface area contributed by atoms with Gasteiger partial charge in [-0.25, -0.2) is 4.68 Å². The maximum absolute atomic E-state index is 11.7. The highest BCUT2D eigenvalue weighted by Gasteiger charge is 2.13. The molecule has 0 unspecified atom stereocenters. The molecule has 0 radical (unpaired) electrons. The van der Waals surface area contributed by atoms with Crippen LogP contribution in [0.3, 0.4) is 0 Å². The quantitative estimate of drug-likeness (QED) is 0.854. The van der Waals surface area contributed by atoms with Crippen molar-refractivity contribution in [3.05, 3.63) is 48.3 Å². The van der Waals surface area contributed by atoms with Crippen molar-refractivity contribution in [3.63, 3.8) is 0 Å². The Morgan fingerprint density at radius 1 is 1.24 bits per heavy atom. The van der Waals surface area contributed by atoms with E-state index >= 15 is 0 Å². The van der Waals surface area contributed by atoms with Crippen LogP contribution >= 0.6 is 0 Å².